The number of nitrogens with zero attached hydrogens (tertiary/aromatic N) is 1. The Bertz CT molecular complexity index is 437. The van der Waals surface area contributed by atoms with Crippen molar-refractivity contribution in [2.75, 3.05) is 11.4 Å². The molecule has 92 valence electrons. The second-order valence-electron chi connectivity index (χ2n) is 5.26. The van der Waals surface area contributed by atoms with Crippen LogP contribution in [0.1, 0.15) is 32.4 Å². The van der Waals surface area contributed by atoms with Gasteiger partial charge in [0.25, 0.3) is 0 Å². The first-order valence-electron chi connectivity index (χ1n) is 5.73. The molecule has 2 N–H and O–H groups in total. The molecule has 1 aliphatic heterocycles. The maximum absolute atomic E-state index is 12.0. The predicted molar refractivity (Wildman–Crippen MR) is 67.0 cm³/mol. The van der Waals surface area contributed by atoms with Crippen LogP contribution in [-0.2, 0) is 4.74 Å². The highest BCUT2D eigenvalue weighted by molar-refractivity contribution is 5.91. The summed E-state index contributed by atoms with van der Waals surface area (Å²) in [7, 11) is 0. The molecule has 2 rings (SSSR count). The van der Waals surface area contributed by atoms with E-state index in [1.54, 1.807) is 4.90 Å². The number of hydrogen-bond acceptors (Lipinski definition) is 3. The van der Waals surface area contributed by atoms with Crippen molar-refractivity contribution < 1.29 is 9.53 Å². The molecule has 0 spiro atoms. The van der Waals surface area contributed by atoms with Gasteiger partial charge in [0.05, 0.1) is 11.7 Å². The van der Waals surface area contributed by atoms with Crippen molar-refractivity contribution in [3.8, 4) is 0 Å². The van der Waals surface area contributed by atoms with Crippen LogP contribution in [0.5, 0.6) is 0 Å². The molecule has 0 saturated carbocycles. The van der Waals surface area contributed by atoms with Gasteiger partial charge in [0.15, 0.2) is 0 Å². The summed E-state index contributed by atoms with van der Waals surface area (Å²) in [6.45, 7) is 6.04. The van der Waals surface area contributed by atoms with E-state index >= 15 is 0 Å². The number of fused-ring (bicyclic) bond motifs is 1. The van der Waals surface area contributed by atoms with Crippen LogP contribution in [0, 0.1) is 0 Å². The molecule has 0 saturated heterocycles. The lowest BCUT2D eigenvalue weighted by Gasteiger charge is -2.24. The molecule has 4 heteroatoms. The fraction of sp³-hybridized carbons (Fsp3) is 0.462. The first-order valence-corrected chi connectivity index (χ1v) is 5.73. The number of carbonyl (C=O) groups is 1. The molecular formula is C13H18N2O2. The number of amides is 1. The van der Waals surface area contributed by atoms with Gasteiger partial charge in [0, 0.05) is 6.54 Å². The van der Waals surface area contributed by atoms with E-state index in [1.165, 1.54) is 0 Å². The summed E-state index contributed by atoms with van der Waals surface area (Å²) in [4.78, 5) is 13.6. The zero-order valence-electron chi connectivity index (χ0n) is 10.4. The molecule has 1 heterocycles. The van der Waals surface area contributed by atoms with Gasteiger partial charge >= 0.3 is 6.09 Å². The van der Waals surface area contributed by atoms with Gasteiger partial charge in [-0.3, -0.25) is 4.90 Å². The van der Waals surface area contributed by atoms with Crippen molar-refractivity contribution in [2.24, 2.45) is 5.73 Å². The van der Waals surface area contributed by atoms with E-state index in [4.69, 9.17) is 10.5 Å². The van der Waals surface area contributed by atoms with Crippen molar-refractivity contribution in [2.45, 2.75) is 32.4 Å². The molecule has 0 radical (unpaired) electrons. The number of hydrogen-bond donors (Lipinski definition) is 1. The minimum atomic E-state index is -0.487. The minimum absolute atomic E-state index is 0.126. The van der Waals surface area contributed by atoms with Crippen LogP contribution < -0.4 is 10.6 Å². The minimum Gasteiger partial charge on any atom is -0.443 e. The van der Waals surface area contributed by atoms with Crippen LogP contribution >= 0.6 is 0 Å². The first-order chi connectivity index (χ1) is 7.88. The van der Waals surface area contributed by atoms with Crippen LogP contribution in [0.3, 0.4) is 0 Å². The zero-order chi connectivity index (χ0) is 12.6. The molecule has 1 amide bonds. The Morgan fingerprint density at radius 1 is 1.41 bits per heavy atom. The Morgan fingerprint density at radius 2 is 2.06 bits per heavy atom. The highest BCUT2D eigenvalue weighted by Gasteiger charge is 2.32. The quantitative estimate of drug-likeness (QED) is 0.750. The lowest BCUT2D eigenvalue weighted by molar-refractivity contribution is 0.0582. The Balaban J connectivity index is 2.23. The monoisotopic (exact) mass is 234 g/mol. The van der Waals surface area contributed by atoms with E-state index in [1.807, 2.05) is 45.0 Å². The molecule has 1 aliphatic rings. The average Bonchev–Trinajstić information content (AvgIpc) is 2.55. The average molecular weight is 234 g/mol. The smallest absolute Gasteiger partial charge is 0.414 e. The van der Waals surface area contributed by atoms with Gasteiger partial charge in [0.2, 0.25) is 0 Å². The SMILES string of the molecule is CC(C)(C)OC(=O)N1C[C@H](N)c2ccccc21. The second-order valence-corrected chi connectivity index (χ2v) is 5.26. The Morgan fingerprint density at radius 3 is 2.71 bits per heavy atom. The maximum Gasteiger partial charge on any atom is 0.414 e. The van der Waals surface area contributed by atoms with Crippen LogP contribution in [0.2, 0.25) is 0 Å². The molecule has 1 aromatic carbocycles. The van der Waals surface area contributed by atoms with Crippen molar-refractivity contribution in [1.29, 1.82) is 0 Å². The van der Waals surface area contributed by atoms with Crippen LogP contribution in [-0.4, -0.2) is 18.2 Å². The summed E-state index contributed by atoms with van der Waals surface area (Å²) in [5.74, 6) is 0. The fourth-order valence-corrected chi connectivity index (χ4v) is 1.93. The zero-order valence-corrected chi connectivity index (χ0v) is 10.4. The molecule has 0 bridgehead atoms. The summed E-state index contributed by atoms with van der Waals surface area (Å²) in [6, 6.07) is 7.54. The third-order valence-corrected chi connectivity index (χ3v) is 2.62. The van der Waals surface area contributed by atoms with Crippen molar-refractivity contribution in [1.82, 2.24) is 0 Å². The van der Waals surface area contributed by atoms with Crippen molar-refractivity contribution in [3.63, 3.8) is 0 Å². The third kappa shape index (κ3) is 2.42. The summed E-state index contributed by atoms with van der Waals surface area (Å²) >= 11 is 0. The number of ether oxygens (including phenoxy) is 1. The topological polar surface area (TPSA) is 55.6 Å². The molecule has 4 nitrogen and oxygen atoms in total. The number of benzene rings is 1. The third-order valence-electron chi connectivity index (χ3n) is 2.62. The molecule has 0 aromatic heterocycles. The van der Waals surface area contributed by atoms with Gasteiger partial charge < -0.3 is 10.5 Å². The summed E-state index contributed by atoms with van der Waals surface area (Å²) in [6.07, 6.45) is -0.335. The number of nitrogens with two attached hydrogens (primary N) is 1. The number of carbonyl (C=O) groups excluding carboxylic acids is 1. The van der Waals surface area contributed by atoms with Crippen molar-refractivity contribution in [3.05, 3.63) is 29.8 Å². The van der Waals surface area contributed by atoms with Crippen LogP contribution in [0.25, 0.3) is 0 Å². The standard InChI is InChI=1S/C13H18N2O2/c1-13(2,3)17-12(16)15-8-10(14)9-6-4-5-7-11(9)15/h4-7,10H,8,14H2,1-3H3/t10-/m0/s1. The summed E-state index contributed by atoms with van der Waals surface area (Å²) in [5.41, 5.74) is 7.36. The Kier molecular flexibility index (Phi) is 2.83. The van der Waals surface area contributed by atoms with Gasteiger partial charge in [-0.05, 0) is 32.4 Å². The molecule has 0 fully saturated rings. The first kappa shape index (κ1) is 11.9. The van der Waals surface area contributed by atoms with Gasteiger partial charge in [-0.25, -0.2) is 4.79 Å². The van der Waals surface area contributed by atoms with E-state index in [0.717, 1.165) is 11.3 Å². The Labute approximate surface area is 101 Å². The van der Waals surface area contributed by atoms with E-state index in [-0.39, 0.29) is 12.1 Å². The summed E-state index contributed by atoms with van der Waals surface area (Å²) < 4.78 is 5.36. The van der Waals surface area contributed by atoms with E-state index in [2.05, 4.69) is 0 Å². The largest absolute Gasteiger partial charge is 0.443 e. The van der Waals surface area contributed by atoms with Gasteiger partial charge in [-0.1, -0.05) is 18.2 Å². The lowest BCUT2D eigenvalue weighted by Crippen LogP contribution is -2.36. The van der Waals surface area contributed by atoms with Crippen LogP contribution in [0.15, 0.2) is 24.3 Å². The highest BCUT2D eigenvalue weighted by atomic mass is 16.6. The molecule has 1 aromatic rings. The molecule has 0 unspecified atom stereocenters. The van der Waals surface area contributed by atoms with Gasteiger partial charge in [0.1, 0.15) is 5.60 Å². The molecular weight excluding hydrogens is 216 g/mol. The number of para-hydroxylation sites is 1. The Hall–Kier alpha value is -1.55. The van der Waals surface area contributed by atoms with E-state index < -0.39 is 5.60 Å². The predicted octanol–water partition coefficient (Wildman–Crippen LogP) is 2.44. The van der Waals surface area contributed by atoms with Gasteiger partial charge in [-0.2, -0.15) is 0 Å². The van der Waals surface area contributed by atoms with Crippen molar-refractivity contribution >= 4 is 11.8 Å². The highest BCUT2D eigenvalue weighted by Crippen LogP contribution is 2.33. The van der Waals surface area contributed by atoms with E-state index in [0.29, 0.717) is 6.54 Å². The number of anilines is 1. The lowest BCUT2D eigenvalue weighted by atomic mass is 10.1. The number of rotatable bonds is 0. The summed E-state index contributed by atoms with van der Waals surface area (Å²) in [5, 5.41) is 0. The van der Waals surface area contributed by atoms with E-state index in [9.17, 15) is 4.79 Å². The second kappa shape index (κ2) is 4.04. The van der Waals surface area contributed by atoms with Crippen LogP contribution in [0.4, 0.5) is 10.5 Å². The van der Waals surface area contributed by atoms with Gasteiger partial charge in [-0.15, -0.1) is 0 Å². The normalized spacial score (nSPS) is 19.1. The fourth-order valence-electron chi connectivity index (χ4n) is 1.93. The molecule has 17 heavy (non-hydrogen) atoms. The molecule has 0 aliphatic carbocycles. The maximum atomic E-state index is 12.0. The molecule has 1 atom stereocenters.